The maximum atomic E-state index is 11.5. The molecule has 7 heteroatoms. The zero-order valence-corrected chi connectivity index (χ0v) is 11.7. The summed E-state index contributed by atoms with van der Waals surface area (Å²) in [6, 6.07) is -2.16. The molecule has 1 atom stereocenters. The van der Waals surface area contributed by atoms with Gasteiger partial charge in [-0.1, -0.05) is 26.7 Å². The average Bonchev–Trinajstić information content (AvgIpc) is 2.24. The molecule has 0 aromatic heterocycles. The van der Waals surface area contributed by atoms with Gasteiger partial charge in [-0.05, 0) is 19.3 Å². The second-order valence-corrected chi connectivity index (χ2v) is 5.08. The van der Waals surface area contributed by atoms with Gasteiger partial charge in [0.1, 0.15) is 0 Å². The molecule has 19 heavy (non-hydrogen) atoms. The number of hydrogen-bond donors (Lipinski definition) is 4. The smallest absolute Gasteiger partial charge is 0.316 e. The molecule has 0 bridgehead atoms. The first-order chi connectivity index (χ1) is 8.73. The topological polar surface area (TPSA) is 127 Å². The van der Waals surface area contributed by atoms with Gasteiger partial charge in [-0.3, -0.25) is 9.59 Å². The molecular formula is C12H24N4O3. The summed E-state index contributed by atoms with van der Waals surface area (Å²) >= 11 is 0. The lowest BCUT2D eigenvalue weighted by molar-refractivity contribution is -0.128. The number of hydrogen-bond acceptors (Lipinski definition) is 3. The summed E-state index contributed by atoms with van der Waals surface area (Å²) in [6.07, 6.45) is 2.90. The summed E-state index contributed by atoms with van der Waals surface area (Å²) in [5.74, 6) is -1.33. The van der Waals surface area contributed by atoms with Crippen LogP contribution in [0.25, 0.3) is 0 Å². The van der Waals surface area contributed by atoms with Crippen molar-refractivity contribution in [2.45, 2.75) is 52.1 Å². The van der Waals surface area contributed by atoms with E-state index < -0.39 is 23.9 Å². The Balaban J connectivity index is 4.08. The van der Waals surface area contributed by atoms with Crippen LogP contribution in [0.3, 0.4) is 0 Å². The fourth-order valence-electron chi connectivity index (χ4n) is 1.58. The van der Waals surface area contributed by atoms with Crippen LogP contribution in [0.4, 0.5) is 4.79 Å². The second-order valence-electron chi connectivity index (χ2n) is 5.08. The van der Waals surface area contributed by atoms with E-state index in [2.05, 4.69) is 24.5 Å². The van der Waals surface area contributed by atoms with Crippen molar-refractivity contribution in [1.82, 2.24) is 10.6 Å². The molecule has 0 saturated carbocycles. The first-order valence-corrected chi connectivity index (χ1v) is 6.39. The van der Waals surface area contributed by atoms with Crippen molar-refractivity contribution in [3.05, 3.63) is 0 Å². The lowest BCUT2D eigenvalue weighted by Crippen LogP contribution is -2.55. The molecule has 6 N–H and O–H groups in total. The minimum absolute atomic E-state index is 0.0554. The molecule has 0 aliphatic heterocycles. The van der Waals surface area contributed by atoms with Gasteiger partial charge in [0.05, 0.1) is 0 Å². The quantitative estimate of drug-likeness (QED) is 0.458. The number of nitrogens with two attached hydrogens (primary N) is 2. The lowest BCUT2D eigenvalue weighted by atomic mass is 10.0. The van der Waals surface area contributed by atoms with Gasteiger partial charge in [0, 0.05) is 6.04 Å². The molecule has 0 fully saturated rings. The standard InChI is InChI=1S/C12H24N4O3/c1-7(2)5-4-6-8(3)15-12(19)16-9(10(13)17)11(14)18/h7-9H,4-6H2,1-3H3,(H2,13,17)(H2,14,18)(H2,15,16,19)/t8-/m1/s1. The van der Waals surface area contributed by atoms with Crippen LogP contribution in [0.15, 0.2) is 0 Å². The van der Waals surface area contributed by atoms with Crippen LogP contribution in [-0.2, 0) is 9.59 Å². The molecule has 4 amide bonds. The molecule has 7 nitrogen and oxygen atoms in total. The number of carbonyl (C=O) groups is 3. The van der Waals surface area contributed by atoms with E-state index in [1.54, 1.807) is 0 Å². The van der Waals surface area contributed by atoms with Gasteiger partial charge in [-0.25, -0.2) is 4.79 Å². The number of amides is 4. The lowest BCUT2D eigenvalue weighted by Gasteiger charge is -2.17. The third kappa shape index (κ3) is 8.01. The van der Waals surface area contributed by atoms with Crippen molar-refractivity contribution < 1.29 is 14.4 Å². The van der Waals surface area contributed by atoms with E-state index in [0.29, 0.717) is 5.92 Å². The molecule has 0 spiro atoms. The molecular weight excluding hydrogens is 248 g/mol. The molecule has 0 aliphatic carbocycles. The largest absolute Gasteiger partial charge is 0.367 e. The van der Waals surface area contributed by atoms with E-state index in [9.17, 15) is 14.4 Å². The van der Waals surface area contributed by atoms with Crippen molar-refractivity contribution in [3.63, 3.8) is 0 Å². The van der Waals surface area contributed by atoms with E-state index in [0.717, 1.165) is 19.3 Å². The van der Waals surface area contributed by atoms with Crippen LogP contribution in [0.2, 0.25) is 0 Å². The highest BCUT2D eigenvalue weighted by Crippen LogP contribution is 2.08. The highest BCUT2D eigenvalue weighted by molar-refractivity contribution is 6.05. The summed E-state index contributed by atoms with van der Waals surface area (Å²) in [7, 11) is 0. The number of nitrogens with one attached hydrogen (secondary N) is 2. The maximum Gasteiger partial charge on any atom is 0.316 e. The van der Waals surface area contributed by atoms with Gasteiger partial charge in [-0.2, -0.15) is 0 Å². The summed E-state index contributed by atoms with van der Waals surface area (Å²) in [6.45, 7) is 6.12. The van der Waals surface area contributed by atoms with Crippen molar-refractivity contribution in [2.24, 2.45) is 17.4 Å². The summed E-state index contributed by atoms with van der Waals surface area (Å²) < 4.78 is 0. The Bertz CT molecular complexity index is 317. The van der Waals surface area contributed by atoms with E-state index in [4.69, 9.17) is 11.5 Å². The summed E-state index contributed by atoms with van der Waals surface area (Å²) in [5.41, 5.74) is 9.90. The molecule has 0 aromatic carbocycles. The Morgan fingerprint density at radius 1 is 0.947 bits per heavy atom. The van der Waals surface area contributed by atoms with Crippen molar-refractivity contribution in [3.8, 4) is 0 Å². The normalized spacial score (nSPS) is 12.3. The molecule has 0 unspecified atom stereocenters. The van der Waals surface area contributed by atoms with Crippen LogP contribution in [0, 0.1) is 5.92 Å². The van der Waals surface area contributed by atoms with Crippen LogP contribution in [-0.4, -0.2) is 29.9 Å². The molecule has 0 radical (unpaired) electrons. The molecule has 0 aromatic rings. The van der Waals surface area contributed by atoms with Gasteiger partial charge >= 0.3 is 6.03 Å². The fourth-order valence-corrected chi connectivity index (χ4v) is 1.58. The van der Waals surface area contributed by atoms with E-state index >= 15 is 0 Å². The second kappa shape index (κ2) is 8.34. The molecule has 0 aliphatic rings. The third-order valence-corrected chi connectivity index (χ3v) is 2.64. The van der Waals surface area contributed by atoms with Crippen molar-refractivity contribution in [1.29, 1.82) is 0 Å². The predicted octanol–water partition coefficient (Wildman–Crippen LogP) is -0.160. The zero-order valence-electron chi connectivity index (χ0n) is 11.7. The fraction of sp³-hybridized carbons (Fsp3) is 0.750. The van der Waals surface area contributed by atoms with Gasteiger partial charge in [0.15, 0.2) is 6.04 Å². The Morgan fingerprint density at radius 3 is 1.89 bits per heavy atom. The number of carbonyl (C=O) groups excluding carboxylic acids is 3. The Morgan fingerprint density at radius 2 is 1.47 bits per heavy atom. The minimum atomic E-state index is -1.48. The van der Waals surface area contributed by atoms with Crippen LogP contribution >= 0.6 is 0 Å². The first-order valence-electron chi connectivity index (χ1n) is 6.39. The van der Waals surface area contributed by atoms with E-state index in [1.165, 1.54) is 0 Å². The van der Waals surface area contributed by atoms with E-state index in [1.807, 2.05) is 6.92 Å². The van der Waals surface area contributed by atoms with Gasteiger partial charge in [0.2, 0.25) is 11.8 Å². The Labute approximate surface area is 113 Å². The molecule has 110 valence electrons. The van der Waals surface area contributed by atoms with Crippen molar-refractivity contribution in [2.75, 3.05) is 0 Å². The molecule has 0 saturated heterocycles. The maximum absolute atomic E-state index is 11.5. The van der Waals surface area contributed by atoms with Gasteiger partial charge < -0.3 is 22.1 Å². The van der Waals surface area contributed by atoms with Crippen molar-refractivity contribution >= 4 is 17.8 Å². The summed E-state index contributed by atoms with van der Waals surface area (Å²) in [4.78, 5) is 33.3. The highest BCUT2D eigenvalue weighted by atomic mass is 16.2. The first kappa shape index (κ1) is 17.2. The number of urea groups is 1. The number of rotatable bonds is 8. The third-order valence-electron chi connectivity index (χ3n) is 2.64. The summed E-state index contributed by atoms with van der Waals surface area (Å²) in [5, 5.41) is 4.78. The van der Waals surface area contributed by atoms with Gasteiger partial charge in [-0.15, -0.1) is 0 Å². The molecule has 0 rings (SSSR count). The van der Waals surface area contributed by atoms with Crippen LogP contribution < -0.4 is 22.1 Å². The minimum Gasteiger partial charge on any atom is -0.367 e. The van der Waals surface area contributed by atoms with E-state index in [-0.39, 0.29) is 6.04 Å². The Kier molecular flexibility index (Phi) is 7.55. The Hall–Kier alpha value is -1.79. The van der Waals surface area contributed by atoms with Crippen LogP contribution in [0.5, 0.6) is 0 Å². The van der Waals surface area contributed by atoms with Crippen LogP contribution in [0.1, 0.15) is 40.0 Å². The predicted molar refractivity (Wildman–Crippen MR) is 72.0 cm³/mol. The zero-order chi connectivity index (χ0) is 15.0. The highest BCUT2D eigenvalue weighted by Gasteiger charge is 2.24. The monoisotopic (exact) mass is 272 g/mol. The average molecular weight is 272 g/mol. The number of primary amides is 2. The van der Waals surface area contributed by atoms with Gasteiger partial charge in [0.25, 0.3) is 0 Å². The molecule has 0 heterocycles. The SMILES string of the molecule is CC(C)CCC[C@@H](C)NC(=O)NC(C(N)=O)C(N)=O.